The number of hydrogen-bond donors (Lipinski definition) is 1. The van der Waals surface area contributed by atoms with E-state index in [0.29, 0.717) is 6.54 Å². The highest BCUT2D eigenvalue weighted by Crippen LogP contribution is 2.23. The van der Waals surface area contributed by atoms with Gasteiger partial charge in [0.15, 0.2) is 0 Å². The predicted molar refractivity (Wildman–Crippen MR) is 74.6 cm³/mol. The van der Waals surface area contributed by atoms with Gasteiger partial charge in [-0.15, -0.1) is 0 Å². The molecule has 1 amide bonds. The molecule has 0 aromatic rings. The Bertz CT molecular complexity index is 304. The van der Waals surface area contributed by atoms with Crippen LogP contribution in [0.1, 0.15) is 12.8 Å². The predicted octanol–water partition coefficient (Wildman–Crippen LogP) is 1.42. The summed E-state index contributed by atoms with van der Waals surface area (Å²) in [6.07, 6.45) is 3.38. The van der Waals surface area contributed by atoms with E-state index in [0.717, 1.165) is 23.1 Å². The number of hydrogen-bond acceptors (Lipinski definition) is 3. The van der Waals surface area contributed by atoms with E-state index in [2.05, 4.69) is 22.6 Å². The van der Waals surface area contributed by atoms with Gasteiger partial charge in [0.25, 0.3) is 0 Å². The topological polar surface area (TPSA) is 63.4 Å². The van der Waals surface area contributed by atoms with E-state index in [9.17, 15) is 9.59 Å². The third-order valence-corrected chi connectivity index (χ3v) is 3.66. The van der Waals surface area contributed by atoms with E-state index in [1.807, 2.05) is 4.90 Å². The van der Waals surface area contributed by atoms with Crippen LogP contribution >= 0.6 is 45.2 Å². The van der Waals surface area contributed by atoms with Gasteiger partial charge in [0.2, 0.25) is 9.70 Å². The number of primary amides is 1. The lowest BCUT2D eigenvalue weighted by Crippen LogP contribution is -2.39. The minimum atomic E-state index is -0.246. The van der Waals surface area contributed by atoms with E-state index in [-0.39, 0.29) is 15.6 Å². The highest BCUT2D eigenvalue weighted by Gasteiger charge is 2.24. The monoisotopic (exact) mass is 434 g/mol. The number of nitrogens with zero attached hydrogens (tertiary/aromatic N) is 1. The van der Waals surface area contributed by atoms with E-state index >= 15 is 0 Å². The highest BCUT2D eigenvalue weighted by atomic mass is 127. The second kappa shape index (κ2) is 6.02. The largest absolute Gasteiger partial charge is 0.369 e. The molecule has 0 aliphatic carbocycles. The molecule has 4 nitrogen and oxygen atoms in total. The van der Waals surface area contributed by atoms with E-state index in [1.165, 1.54) is 0 Å². The van der Waals surface area contributed by atoms with Crippen molar-refractivity contribution in [1.29, 1.82) is 0 Å². The maximum absolute atomic E-state index is 11.0. The number of nitrogens with two attached hydrogens (primary N) is 1. The summed E-state index contributed by atoms with van der Waals surface area (Å²) in [5.74, 6) is -0.328. The fourth-order valence-corrected chi connectivity index (χ4v) is 3.20. The molecule has 15 heavy (non-hydrogen) atoms. The van der Waals surface area contributed by atoms with Crippen molar-refractivity contribution in [3.05, 3.63) is 9.78 Å². The summed E-state index contributed by atoms with van der Waals surface area (Å²) in [5.41, 5.74) is 5.27. The lowest BCUT2D eigenvalue weighted by Gasteiger charge is -2.32. The summed E-state index contributed by atoms with van der Waals surface area (Å²) < 4.78 is 0.885. The van der Waals surface area contributed by atoms with Gasteiger partial charge in [-0.1, -0.05) is 0 Å². The molecule has 0 aromatic heterocycles. The van der Waals surface area contributed by atoms with Gasteiger partial charge in [-0.25, -0.2) is 0 Å². The van der Waals surface area contributed by atoms with Gasteiger partial charge in [-0.2, -0.15) is 0 Å². The third kappa shape index (κ3) is 4.25. The number of piperidine rings is 1. The van der Waals surface area contributed by atoms with Crippen LogP contribution in [0.4, 0.5) is 0 Å². The first-order valence-corrected chi connectivity index (χ1v) is 6.77. The molecule has 0 radical (unpaired) electrons. The summed E-state index contributed by atoms with van der Waals surface area (Å²) in [5, 5.41) is 0. The molecule has 0 bridgehead atoms. The Labute approximate surface area is 116 Å². The molecule has 1 fully saturated rings. The zero-order valence-electron chi connectivity index (χ0n) is 8.08. The Hall–Kier alpha value is 0.140. The summed E-state index contributed by atoms with van der Waals surface area (Å²) in [7, 11) is 0. The minimum absolute atomic E-state index is 0.00167. The van der Waals surface area contributed by atoms with Gasteiger partial charge in [0.05, 0.1) is 9.62 Å². The first-order chi connectivity index (χ1) is 7.00. The maximum Gasteiger partial charge on any atom is 0.222 e. The smallest absolute Gasteiger partial charge is 0.222 e. The molecule has 0 spiro atoms. The zero-order valence-corrected chi connectivity index (χ0v) is 12.4. The number of rotatable bonds is 3. The highest BCUT2D eigenvalue weighted by molar-refractivity contribution is 14.1. The van der Waals surface area contributed by atoms with Crippen molar-refractivity contribution in [2.75, 3.05) is 13.1 Å². The van der Waals surface area contributed by atoms with Crippen LogP contribution in [0, 0.1) is 5.92 Å². The number of amides is 1. The summed E-state index contributed by atoms with van der Waals surface area (Å²) in [6, 6.07) is 0. The molecular formula is C9H12I2N2O2. The van der Waals surface area contributed by atoms with Crippen LogP contribution in [0.25, 0.3) is 0 Å². The van der Waals surface area contributed by atoms with Crippen LogP contribution in [0.15, 0.2) is 9.78 Å². The van der Waals surface area contributed by atoms with Gasteiger partial charge in [0, 0.05) is 41.8 Å². The van der Waals surface area contributed by atoms with Crippen LogP contribution in [-0.2, 0) is 9.59 Å². The normalized spacial score (nSPS) is 22.7. The Kier molecular flexibility index (Phi) is 5.30. The number of allylic oxidation sites excluding steroid dienone is 1. The van der Waals surface area contributed by atoms with Gasteiger partial charge in [-0.3, -0.25) is 9.59 Å². The molecular weight excluding hydrogens is 422 g/mol. The molecule has 1 aliphatic heterocycles. The van der Waals surface area contributed by atoms with Crippen LogP contribution in [-0.4, -0.2) is 27.7 Å². The van der Waals surface area contributed by atoms with Crippen molar-refractivity contribution >= 4 is 54.9 Å². The standard InChI is InChI=1S/C9H12I2N2O2/c10-7(4-8(11)14)13-3-1-2-6(5-13)9(12)15/h4,6H,1-3,5H2,(H2,12,15)/b7-4+/t6-/m1/s1. The average molecular weight is 434 g/mol. The zero-order chi connectivity index (χ0) is 11.4. The average Bonchev–Trinajstić information content (AvgIpc) is 2.17. The SMILES string of the molecule is NC(=O)[C@@H]1CCCN(/C(I)=C/C(=O)I)C1. The van der Waals surface area contributed by atoms with Crippen molar-refractivity contribution in [3.8, 4) is 0 Å². The summed E-state index contributed by atoms with van der Waals surface area (Å²) >= 11 is 3.85. The Morgan fingerprint density at radius 1 is 1.40 bits per heavy atom. The number of carbonyl (C=O) groups is 2. The molecule has 1 atom stereocenters. The molecule has 1 saturated heterocycles. The third-order valence-electron chi connectivity index (χ3n) is 2.36. The van der Waals surface area contributed by atoms with Gasteiger partial charge in [0.1, 0.15) is 0 Å². The molecule has 2 N–H and O–H groups in total. The second-order valence-electron chi connectivity index (χ2n) is 3.46. The van der Waals surface area contributed by atoms with Gasteiger partial charge < -0.3 is 10.6 Å². The Morgan fingerprint density at radius 2 is 2.07 bits per heavy atom. The van der Waals surface area contributed by atoms with Crippen molar-refractivity contribution in [1.82, 2.24) is 4.90 Å². The number of carbonyl (C=O) groups excluding carboxylic acids is 2. The van der Waals surface area contributed by atoms with E-state index in [1.54, 1.807) is 28.7 Å². The van der Waals surface area contributed by atoms with Crippen molar-refractivity contribution in [3.63, 3.8) is 0 Å². The quantitative estimate of drug-likeness (QED) is 0.317. The van der Waals surface area contributed by atoms with E-state index < -0.39 is 0 Å². The number of halogens is 2. The summed E-state index contributed by atoms with van der Waals surface area (Å²) in [6.45, 7) is 1.52. The molecule has 0 aromatic carbocycles. The maximum atomic E-state index is 11.0. The van der Waals surface area contributed by atoms with Crippen LogP contribution in [0.3, 0.4) is 0 Å². The van der Waals surface area contributed by atoms with Crippen molar-refractivity contribution in [2.24, 2.45) is 11.7 Å². The molecule has 0 saturated carbocycles. The first-order valence-electron chi connectivity index (χ1n) is 4.61. The van der Waals surface area contributed by atoms with E-state index in [4.69, 9.17) is 5.73 Å². The fourth-order valence-electron chi connectivity index (χ4n) is 1.59. The van der Waals surface area contributed by atoms with Crippen molar-refractivity contribution < 1.29 is 9.59 Å². The van der Waals surface area contributed by atoms with Crippen molar-refractivity contribution in [2.45, 2.75) is 12.8 Å². The Balaban J connectivity index is 2.63. The van der Waals surface area contributed by atoms with Crippen LogP contribution in [0.2, 0.25) is 0 Å². The van der Waals surface area contributed by atoms with Gasteiger partial charge in [-0.05, 0) is 35.4 Å². The summed E-state index contributed by atoms with van der Waals surface area (Å²) in [4.78, 5) is 24.0. The molecule has 6 heteroatoms. The number of likely N-dealkylation sites (tertiary alicyclic amines) is 1. The lowest BCUT2D eigenvalue weighted by atomic mass is 9.98. The molecule has 1 rings (SSSR count). The minimum Gasteiger partial charge on any atom is -0.369 e. The van der Waals surface area contributed by atoms with Crippen LogP contribution in [0.5, 0.6) is 0 Å². The molecule has 84 valence electrons. The second-order valence-corrected chi connectivity index (χ2v) is 5.63. The molecule has 1 aliphatic rings. The molecule has 0 unspecified atom stereocenters. The lowest BCUT2D eigenvalue weighted by molar-refractivity contribution is -0.123. The van der Waals surface area contributed by atoms with Gasteiger partial charge >= 0.3 is 0 Å². The van der Waals surface area contributed by atoms with Crippen LogP contribution < -0.4 is 5.73 Å². The fraction of sp³-hybridized carbons (Fsp3) is 0.556. The molecule has 1 heterocycles. The Morgan fingerprint density at radius 3 is 2.60 bits per heavy atom. The first kappa shape index (κ1) is 13.2.